The second kappa shape index (κ2) is 8.01. The first kappa shape index (κ1) is 19.9. The Hall–Kier alpha value is -1.88. The van der Waals surface area contributed by atoms with Crippen LogP contribution in [0.2, 0.25) is 5.02 Å². The molecule has 0 saturated carbocycles. The average molecular weight is 388 g/mol. The molecule has 144 valence electrons. The van der Waals surface area contributed by atoms with Crippen LogP contribution in [-0.2, 0) is 9.47 Å². The fraction of sp³-hybridized carbons (Fsp3) is 0.409. The number of rotatable bonds is 4. The van der Waals surface area contributed by atoms with Crippen molar-refractivity contribution in [1.29, 1.82) is 0 Å². The second-order valence-electron chi connectivity index (χ2n) is 8.02. The predicted octanol–water partition coefficient (Wildman–Crippen LogP) is 5.69. The molecule has 0 bridgehead atoms. The van der Waals surface area contributed by atoms with Crippen LogP contribution in [0.5, 0.6) is 0 Å². The lowest BCUT2D eigenvalue weighted by molar-refractivity contribution is -0.274. The highest BCUT2D eigenvalue weighted by Gasteiger charge is 2.40. The van der Waals surface area contributed by atoms with Crippen molar-refractivity contribution in [2.75, 3.05) is 11.9 Å². The van der Waals surface area contributed by atoms with E-state index in [-0.39, 0.29) is 17.4 Å². The minimum atomic E-state index is -0.433. The lowest BCUT2D eigenvalue weighted by atomic mass is 9.80. The Labute approximate surface area is 165 Å². The highest BCUT2D eigenvalue weighted by molar-refractivity contribution is 6.30. The van der Waals surface area contributed by atoms with Gasteiger partial charge >= 0.3 is 0 Å². The Kier molecular flexibility index (Phi) is 5.89. The van der Waals surface area contributed by atoms with Crippen LogP contribution in [0.15, 0.2) is 48.5 Å². The van der Waals surface area contributed by atoms with E-state index in [9.17, 15) is 4.79 Å². The minimum Gasteiger partial charge on any atom is -0.348 e. The van der Waals surface area contributed by atoms with Crippen LogP contribution in [0.1, 0.15) is 49.9 Å². The van der Waals surface area contributed by atoms with Crippen LogP contribution < -0.4 is 5.32 Å². The predicted molar refractivity (Wildman–Crippen MR) is 108 cm³/mol. The van der Waals surface area contributed by atoms with Gasteiger partial charge in [0, 0.05) is 27.3 Å². The van der Waals surface area contributed by atoms with Gasteiger partial charge in [-0.1, -0.05) is 51.4 Å². The zero-order valence-electron chi connectivity index (χ0n) is 16.2. The van der Waals surface area contributed by atoms with E-state index < -0.39 is 6.29 Å². The van der Waals surface area contributed by atoms with E-state index in [1.54, 1.807) is 24.3 Å². The number of carbonyl (C=O) groups excluding carboxylic acids is 1. The lowest BCUT2D eigenvalue weighted by Gasteiger charge is -2.44. The molecule has 2 aromatic carbocycles. The highest BCUT2D eigenvalue weighted by atomic mass is 35.5. The molecule has 2 atom stereocenters. The molecule has 1 aliphatic rings. The van der Waals surface area contributed by atoms with Gasteiger partial charge in [-0.05, 0) is 42.3 Å². The van der Waals surface area contributed by atoms with Crippen molar-refractivity contribution in [3.63, 3.8) is 0 Å². The van der Waals surface area contributed by atoms with E-state index in [2.05, 4.69) is 33.0 Å². The summed E-state index contributed by atoms with van der Waals surface area (Å²) < 4.78 is 12.2. The minimum absolute atomic E-state index is 0.0366. The zero-order chi connectivity index (χ0) is 19.6. The molecule has 0 aromatic heterocycles. The smallest absolute Gasteiger partial charge is 0.255 e. The normalized spacial score (nSPS) is 21.9. The van der Waals surface area contributed by atoms with Crippen molar-refractivity contribution in [3.05, 3.63) is 64.7 Å². The summed E-state index contributed by atoms with van der Waals surface area (Å²) in [5, 5.41) is 3.51. The molecule has 0 spiro atoms. The number of hydrogen-bond donors (Lipinski definition) is 1. The van der Waals surface area contributed by atoms with E-state index in [0.717, 1.165) is 5.56 Å². The van der Waals surface area contributed by atoms with Crippen molar-refractivity contribution in [1.82, 2.24) is 0 Å². The lowest BCUT2D eigenvalue weighted by Crippen LogP contribution is -2.45. The molecule has 1 fully saturated rings. The van der Waals surface area contributed by atoms with E-state index >= 15 is 0 Å². The Bertz CT molecular complexity index is 801. The average Bonchev–Trinajstić information content (AvgIpc) is 2.62. The Morgan fingerprint density at radius 2 is 1.89 bits per heavy atom. The van der Waals surface area contributed by atoms with Crippen LogP contribution >= 0.6 is 11.6 Å². The Morgan fingerprint density at radius 1 is 1.19 bits per heavy atom. The first-order valence-corrected chi connectivity index (χ1v) is 9.58. The first-order valence-electron chi connectivity index (χ1n) is 9.20. The van der Waals surface area contributed by atoms with Gasteiger partial charge in [0.15, 0.2) is 6.29 Å². The summed E-state index contributed by atoms with van der Waals surface area (Å²) in [6, 6.07) is 14.4. The van der Waals surface area contributed by atoms with Gasteiger partial charge in [-0.3, -0.25) is 4.79 Å². The standard InChI is InChI=1S/C22H26ClNO3/c1-14(2)19-22(3,4)13-26-21(27-19)16-6-5-7-18(12-16)24-20(25)15-8-10-17(23)11-9-15/h5-12,14,19,21H,13H2,1-4H3,(H,24,25)/t19-,21+/m1/s1. The summed E-state index contributed by atoms with van der Waals surface area (Å²) in [6.07, 6.45) is -0.332. The number of nitrogens with one attached hydrogen (secondary N) is 1. The number of amides is 1. The molecule has 0 aliphatic carbocycles. The fourth-order valence-electron chi connectivity index (χ4n) is 3.53. The molecule has 5 heteroatoms. The van der Waals surface area contributed by atoms with Crippen molar-refractivity contribution in [3.8, 4) is 0 Å². The van der Waals surface area contributed by atoms with Crippen molar-refractivity contribution in [2.24, 2.45) is 11.3 Å². The fourth-order valence-corrected chi connectivity index (χ4v) is 3.66. The molecule has 1 N–H and O–H groups in total. The van der Waals surface area contributed by atoms with Gasteiger partial charge in [0.2, 0.25) is 0 Å². The molecule has 1 saturated heterocycles. The quantitative estimate of drug-likeness (QED) is 0.733. The molecular weight excluding hydrogens is 362 g/mol. The van der Waals surface area contributed by atoms with E-state index in [1.165, 1.54) is 0 Å². The van der Waals surface area contributed by atoms with Gasteiger partial charge in [-0.2, -0.15) is 0 Å². The molecule has 0 unspecified atom stereocenters. The van der Waals surface area contributed by atoms with Gasteiger partial charge in [-0.15, -0.1) is 0 Å². The first-order chi connectivity index (χ1) is 12.8. The van der Waals surface area contributed by atoms with Crippen molar-refractivity contribution >= 4 is 23.2 Å². The van der Waals surface area contributed by atoms with Gasteiger partial charge in [0.25, 0.3) is 5.91 Å². The Morgan fingerprint density at radius 3 is 2.56 bits per heavy atom. The third-order valence-corrected chi connectivity index (χ3v) is 5.03. The summed E-state index contributed by atoms with van der Waals surface area (Å²) in [5.41, 5.74) is 2.11. The maximum absolute atomic E-state index is 12.4. The largest absolute Gasteiger partial charge is 0.348 e. The maximum atomic E-state index is 12.4. The summed E-state index contributed by atoms with van der Waals surface area (Å²) in [7, 11) is 0. The van der Waals surface area contributed by atoms with Crippen LogP contribution in [0.3, 0.4) is 0 Å². The number of benzene rings is 2. The SMILES string of the molecule is CC(C)[C@H]1O[C@@H](c2cccc(NC(=O)c3ccc(Cl)cc3)c2)OCC1(C)C. The summed E-state index contributed by atoms with van der Waals surface area (Å²) in [6.45, 7) is 9.28. The number of halogens is 1. The summed E-state index contributed by atoms with van der Waals surface area (Å²) >= 11 is 5.88. The van der Waals surface area contributed by atoms with Gasteiger partial charge in [0.1, 0.15) is 0 Å². The topological polar surface area (TPSA) is 47.6 Å². The molecule has 0 radical (unpaired) electrons. The number of carbonyl (C=O) groups is 1. The zero-order valence-corrected chi connectivity index (χ0v) is 16.9. The molecule has 3 rings (SSSR count). The van der Waals surface area contributed by atoms with Gasteiger partial charge < -0.3 is 14.8 Å². The summed E-state index contributed by atoms with van der Waals surface area (Å²) in [5.74, 6) is 0.203. The molecule has 1 amide bonds. The molecule has 1 aliphatic heterocycles. The number of anilines is 1. The third-order valence-electron chi connectivity index (χ3n) is 4.78. The molecule has 1 heterocycles. The molecule has 4 nitrogen and oxygen atoms in total. The second-order valence-corrected chi connectivity index (χ2v) is 8.46. The van der Waals surface area contributed by atoms with E-state index in [0.29, 0.717) is 28.8 Å². The third kappa shape index (κ3) is 4.70. The monoisotopic (exact) mass is 387 g/mol. The maximum Gasteiger partial charge on any atom is 0.255 e. The molecular formula is C22H26ClNO3. The van der Waals surface area contributed by atoms with Crippen LogP contribution in [0.25, 0.3) is 0 Å². The highest BCUT2D eigenvalue weighted by Crippen LogP contribution is 2.39. The number of hydrogen-bond acceptors (Lipinski definition) is 3. The van der Waals surface area contributed by atoms with Crippen LogP contribution in [-0.4, -0.2) is 18.6 Å². The molecule has 27 heavy (non-hydrogen) atoms. The number of ether oxygens (including phenoxy) is 2. The summed E-state index contributed by atoms with van der Waals surface area (Å²) in [4.78, 5) is 12.4. The Balaban J connectivity index is 1.74. The van der Waals surface area contributed by atoms with Gasteiger partial charge in [0.05, 0.1) is 12.7 Å². The molecule has 2 aromatic rings. The van der Waals surface area contributed by atoms with E-state index in [1.807, 2.05) is 24.3 Å². The van der Waals surface area contributed by atoms with Crippen LogP contribution in [0.4, 0.5) is 5.69 Å². The van der Waals surface area contributed by atoms with Crippen molar-refractivity contribution < 1.29 is 14.3 Å². The van der Waals surface area contributed by atoms with Gasteiger partial charge in [-0.25, -0.2) is 0 Å². The van der Waals surface area contributed by atoms with Crippen LogP contribution in [0, 0.1) is 11.3 Å². The van der Waals surface area contributed by atoms with E-state index in [4.69, 9.17) is 21.1 Å². The van der Waals surface area contributed by atoms with Crippen molar-refractivity contribution in [2.45, 2.75) is 40.1 Å².